The summed E-state index contributed by atoms with van der Waals surface area (Å²) in [6.45, 7) is 13.2. The van der Waals surface area contributed by atoms with Crippen LogP contribution in [0, 0.1) is 38.0 Å². The van der Waals surface area contributed by atoms with Crippen LogP contribution in [0.3, 0.4) is 0 Å². The molecule has 156 valence electrons. The first kappa shape index (κ1) is 19.5. The molecular weight excluding hydrogens is 368 g/mol. The number of hydrogen-bond donors (Lipinski definition) is 0. The van der Waals surface area contributed by atoms with E-state index in [1.807, 2.05) is 12.4 Å². The minimum atomic E-state index is -0.261. The zero-order valence-corrected chi connectivity index (χ0v) is 19.0. The Bertz CT molecular complexity index is 1060. The van der Waals surface area contributed by atoms with Crippen molar-refractivity contribution in [3.05, 3.63) is 63.6 Å². The number of nitrogens with zero attached hydrogens (tertiary/aromatic N) is 2. The van der Waals surface area contributed by atoms with E-state index < -0.39 is 0 Å². The fourth-order valence-electron chi connectivity index (χ4n) is 5.64. The van der Waals surface area contributed by atoms with Crippen LogP contribution < -0.4 is 0 Å². The molecule has 1 aromatic rings. The summed E-state index contributed by atoms with van der Waals surface area (Å²) < 4.78 is 6.32. The first-order chi connectivity index (χ1) is 14.3. The molecule has 4 aliphatic rings. The third-order valence-corrected chi connectivity index (χ3v) is 7.46. The summed E-state index contributed by atoms with van der Waals surface area (Å²) in [7, 11) is 0. The number of rotatable bonds is 5. The third-order valence-electron chi connectivity index (χ3n) is 7.46. The van der Waals surface area contributed by atoms with E-state index in [4.69, 9.17) is 14.7 Å². The highest BCUT2D eigenvalue weighted by Gasteiger charge is 2.59. The molecule has 4 atom stereocenters. The maximum atomic E-state index is 6.32. The number of hydrogen-bond acceptors (Lipinski definition) is 3. The summed E-state index contributed by atoms with van der Waals surface area (Å²) in [6, 6.07) is 4.38. The SMILES string of the molecule is CCC1=CC(C)=C(N=CC2=CC3CC3(C=Nc3c(C)cc(C)cc3C)O2)C2(C)CC12. The molecule has 2 saturated carbocycles. The van der Waals surface area contributed by atoms with Gasteiger partial charge in [-0.05, 0) is 69.2 Å². The average molecular weight is 401 g/mol. The van der Waals surface area contributed by atoms with E-state index in [1.165, 1.54) is 34.4 Å². The standard InChI is InChI=1S/C27H32N2O/c1-7-20-10-19(5)25(26(6)13-23(20)26)28-14-22-11-21-12-27(21,30-22)15-29-24-17(3)8-16(2)9-18(24)4/h8-11,14-15,21,23H,7,12-13H2,1-6H3. The smallest absolute Gasteiger partial charge is 0.151 e. The lowest BCUT2D eigenvalue weighted by atomic mass is 9.87. The van der Waals surface area contributed by atoms with E-state index >= 15 is 0 Å². The minimum Gasteiger partial charge on any atom is -0.480 e. The van der Waals surface area contributed by atoms with E-state index in [2.05, 4.69) is 65.8 Å². The number of aryl methyl sites for hydroxylation is 3. The molecular formula is C27H32N2O. The summed E-state index contributed by atoms with van der Waals surface area (Å²) in [5, 5.41) is 0. The predicted molar refractivity (Wildman–Crippen MR) is 125 cm³/mol. The lowest BCUT2D eigenvalue weighted by Crippen LogP contribution is -2.15. The Morgan fingerprint density at radius 3 is 2.53 bits per heavy atom. The topological polar surface area (TPSA) is 34.0 Å². The van der Waals surface area contributed by atoms with Gasteiger partial charge in [-0.1, -0.05) is 43.2 Å². The van der Waals surface area contributed by atoms with Gasteiger partial charge in [0.2, 0.25) is 0 Å². The van der Waals surface area contributed by atoms with Crippen LogP contribution in [0.4, 0.5) is 5.69 Å². The second kappa shape index (κ2) is 6.54. The second-order valence-electron chi connectivity index (χ2n) is 9.98. The van der Waals surface area contributed by atoms with Crippen molar-refractivity contribution in [3.63, 3.8) is 0 Å². The monoisotopic (exact) mass is 400 g/mol. The van der Waals surface area contributed by atoms with Crippen LogP contribution in [-0.4, -0.2) is 18.0 Å². The summed E-state index contributed by atoms with van der Waals surface area (Å²) in [5.41, 5.74) is 8.89. The molecule has 0 saturated heterocycles. The molecule has 0 amide bonds. The summed E-state index contributed by atoms with van der Waals surface area (Å²) >= 11 is 0. The van der Waals surface area contributed by atoms with Gasteiger partial charge < -0.3 is 4.74 Å². The highest BCUT2D eigenvalue weighted by molar-refractivity contribution is 5.85. The van der Waals surface area contributed by atoms with E-state index in [0.29, 0.717) is 11.8 Å². The van der Waals surface area contributed by atoms with E-state index in [9.17, 15) is 0 Å². The lowest BCUT2D eigenvalue weighted by Gasteiger charge is -2.21. The number of benzene rings is 1. The van der Waals surface area contributed by atoms with Gasteiger partial charge in [0.1, 0.15) is 5.76 Å². The minimum absolute atomic E-state index is 0.225. The van der Waals surface area contributed by atoms with Crippen LogP contribution in [-0.2, 0) is 4.74 Å². The fourth-order valence-corrected chi connectivity index (χ4v) is 5.64. The number of ether oxygens (including phenoxy) is 1. The maximum absolute atomic E-state index is 6.32. The molecule has 1 aromatic carbocycles. The first-order valence-corrected chi connectivity index (χ1v) is 11.3. The van der Waals surface area contributed by atoms with Crippen LogP contribution in [0.15, 0.2) is 56.9 Å². The molecule has 3 heteroatoms. The van der Waals surface area contributed by atoms with Gasteiger partial charge in [0.05, 0.1) is 11.9 Å². The molecule has 1 aliphatic heterocycles. The van der Waals surface area contributed by atoms with Gasteiger partial charge in [-0.15, -0.1) is 0 Å². The Morgan fingerprint density at radius 1 is 1.10 bits per heavy atom. The Hall–Kier alpha value is -2.42. The average Bonchev–Trinajstić information content (AvgIpc) is 3.52. The Morgan fingerprint density at radius 2 is 1.83 bits per heavy atom. The zero-order chi connectivity index (χ0) is 21.3. The normalized spacial score (nSPS) is 34.1. The molecule has 0 bridgehead atoms. The van der Waals surface area contributed by atoms with Gasteiger partial charge >= 0.3 is 0 Å². The van der Waals surface area contributed by atoms with Gasteiger partial charge in [-0.2, -0.15) is 0 Å². The molecule has 0 aromatic heterocycles. The Kier molecular flexibility index (Phi) is 4.26. The highest BCUT2D eigenvalue weighted by Crippen LogP contribution is 2.64. The van der Waals surface area contributed by atoms with Gasteiger partial charge in [0.25, 0.3) is 0 Å². The van der Waals surface area contributed by atoms with Crippen molar-refractivity contribution in [2.45, 2.75) is 66.4 Å². The maximum Gasteiger partial charge on any atom is 0.151 e. The van der Waals surface area contributed by atoms with E-state index in [1.54, 1.807) is 5.57 Å². The molecule has 2 fully saturated rings. The van der Waals surface area contributed by atoms with Crippen LogP contribution in [0.1, 0.15) is 56.7 Å². The molecule has 30 heavy (non-hydrogen) atoms. The molecule has 1 heterocycles. The van der Waals surface area contributed by atoms with Gasteiger partial charge in [-0.25, -0.2) is 0 Å². The van der Waals surface area contributed by atoms with Gasteiger partial charge in [0, 0.05) is 29.7 Å². The second-order valence-corrected chi connectivity index (χ2v) is 9.98. The van der Waals surface area contributed by atoms with Crippen LogP contribution in [0.5, 0.6) is 0 Å². The van der Waals surface area contributed by atoms with Crippen LogP contribution in [0.2, 0.25) is 0 Å². The molecule has 3 aliphatic carbocycles. The third kappa shape index (κ3) is 3.02. The Labute approximate surface area is 180 Å². The van der Waals surface area contributed by atoms with Crippen molar-refractivity contribution >= 4 is 18.1 Å². The first-order valence-electron chi connectivity index (χ1n) is 11.3. The summed E-state index contributed by atoms with van der Waals surface area (Å²) in [6.07, 6.45) is 11.9. The molecule has 0 spiro atoms. The molecule has 3 nitrogen and oxygen atoms in total. The summed E-state index contributed by atoms with van der Waals surface area (Å²) in [5.74, 6) is 2.00. The van der Waals surface area contributed by atoms with Crippen molar-refractivity contribution in [1.82, 2.24) is 0 Å². The zero-order valence-electron chi connectivity index (χ0n) is 19.0. The van der Waals surface area contributed by atoms with Crippen molar-refractivity contribution < 1.29 is 4.74 Å². The molecule has 0 N–H and O–H groups in total. The van der Waals surface area contributed by atoms with E-state index in [0.717, 1.165) is 24.3 Å². The van der Waals surface area contributed by atoms with Crippen molar-refractivity contribution in [1.29, 1.82) is 0 Å². The molecule has 5 rings (SSSR count). The quantitative estimate of drug-likeness (QED) is 0.506. The van der Waals surface area contributed by atoms with Crippen molar-refractivity contribution in [2.75, 3.05) is 0 Å². The predicted octanol–water partition coefficient (Wildman–Crippen LogP) is 6.71. The van der Waals surface area contributed by atoms with Crippen LogP contribution in [0.25, 0.3) is 0 Å². The van der Waals surface area contributed by atoms with Crippen LogP contribution >= 0.6 is 0 Å². The number of allylic oxidation sites excluding steroid dienone is 5. The Balaban J connectivity index is 1.32. The molecule has 0 radical (unpaired) electrons. The number of aliphatic imine (C=N–C) groups is 2. The molecule has 4 unspecified atom stereocenters. The van der Waals surface area contributed by atoms with Crippen molar-refractivity contribution in [3.8, 4) is 0 Å². The summed E-state index contributed by atoms with van der Waals surface area (Å²) in [4.78, 5) is 9.76. The largest absolute Gasteiger partial charge is 0.480 e. The highest BCUT2D eigenvalue weighted by atomic mass is 16.5. The van der Waals surface area contributed by atoms with Gasteiger partial charge in [-0.3, -0.25) is 9.98 Å². The van der Waals surface area contributed by atoms with Gasteiger partial charge in [0.15, 0.2) is 5.60 Å². The van der Waals surface area contributed by atoms with Crippen molar-refractivity contribution in [2.24, 2.45) is 27.2 Å². The number of fused-ring (bicyclic) bond motifs is 2. The fraction of sp³-hybridized carbons (Fsp3) is 0.481. The van der Waals surface area contributed by atoms with E-state index in [-0.39, 0.29) is 11.0 Å². The lowest BCUT2D eigenvalue weighted by molar-refractivity contribution is 0.183.